The summed E-state index contributed by atoms with van der Waals surface area (Å²) in [4.78, 5) is 3.53. The smallest absolute Gasteiger partial charge is 0.242 e. The average Bonchev–Trinajstić information content (AvgIpc) is 2.19. The van der Waals surface area contributed by atoms with Crippen LogP contribution in [-0.2, 0) is 10.0 Å². The third-order valence-electron chi connectivity index (χ3n) is 1.65. The molecule has 0 saturated carbocycles. The Hall–Kier alpha value is -0.400. The zero-order chi connectivity index (χ0) is 12.3. The third-order valence-corrected chi connectivity index (χ3v) is 3.73. The lowest BCUT2D eigenvalue weighted by Crippen LogP contribution is -2.30. The van der Waals surface area contributed by atoms with Crippen molar-refractivity contribution < 1.29 is 13.5 Å². The van der Waals surface area contributed by atoms with Gasteiger partial charge in [-0.25, -0.2) is 18.1 Å². The van der Waals surface area contributed by atoms with Crippen LogP contribution in [0.4, 0.5) is 0 Å². The summed E-state index contributed by atoms with van der Waals surface area (Å²) >= 11 is 11.2. The van der Waals surface area contributed by atoms with E-state index >= 15 is 0 Å². The maximum Gasteiger partial charge on any atom is 0.242 e. The zero-order valence-electron chi connectivity index (χ0n) is 8.31. The highest BCUT2D eigenvalue weighted by Gasteiger charge is 2.16. The first kappa shape index (κ1) is 13.7. The average molecular weight is 285 g/mol. The quantitative estimate of drug-likeness (QED) is 0.810. The summed E-state index contributed by atoms with van der Waals surface area (Å²) < 4.78 is 25.5. The Morgan fingerprint density at radius 1 is 1.56 bits per heavy atom. The van der Waals surface area contributed by atoms with Gasteiger partial charge in [0, 0.05) is 12.7 Å². The second-order valence-electron chi connectivity index (χ2n) is 3.14. The molecule has 1 heterocycles. The highest BCUT2D eigenvalue weighted by atomic mass is 35.5. The molecule has 5 nitrogen and oxygen atoms in total. The lowest BCUT2D eigenvalue weighted by atomic mass is 10.4. The fraction of sp³-hybridized carbons (Fsp3) is 0.375. The normalized spacial score (nSPS) is 13.8. The Morgan fingerprint density at radius 3 is 2.69 bits per heavy atom. The fourth-order valence-corrected chi connectivity index (χ4v) is 2.29. The molecule has 0 radical (unpaired) electrons. The van der Waals surface area contributed by atoms with Crippen molar-refractivity contribution in [3.05, 3.63) is 22.4 Å². The Balaban J connectivity index is 2.94. The van der Waals surface area contributed by atoms with Gasteiger partial charge in [-0.05, 0) is 13.0 Å². The SMILES string of the molecule is C[C@H](O)CNS(=O)(=O)c1cnc(Cl)c(Cl)c1. The van der Waals surface area contributed by atoms with Gasteiger partial charge in [-0.15, -0.1) is 0 Å². The molecule has 0 amide bonds. The molecule has 0 saturated heterocycles. The summed E-state index contributed by atoms with van der Waals surface area (Å²) in [6.45, 7) is 1.39. The molecule has 1 rings (SSSR count). The summed E-state index contributed by atoms with van der Waals surface area (Å²) in [7, 11) is -3.71. The Labute approximate surface area is 103 Å². The number of halogens is 2. The molecular formula is C8H10Cl2N2O3S. The highest BCUT2D eigenvalue weighted by Crippen LogP contribution is 2.21. The van der Waals surface area contributed by atoms with Crippen LogP contribution in [0.5, 0.6) is 0 Å². The Morgan fingerprint density at radius 2 is 2.19 bits per heavy atom. The topological polar surface area (TPSA) is 79.3 Å². The van der Waals surface area contributed by atoms with Crippen LogP contribution in [0.2, 0.25) is 10.2 Å². The summed E-state index contributed by atoms with van der Waals surface area (Å²) in [5, 5.41) is 9.07. The second kappa shape index (κ2) is 5.29. The number of nitrogens with zero attached hydrogens (tertiary/aromatic N) is 1. The van der Waals surface area contributed by atoms with Crippen LogP contribution in [0.3, 0.4) is 0 Å². The molecule has 8 heteroatoms. The molecule has 0 spiro atoms. The number of aromatic nitrogens is 1. The molecule has 2 N–H and O–H groups in total. The lowest BCUT2D eigenvalue weighted by molar-refractivity contribution is 0.198. The first-order valence-electron chi connectivity index (χ1n) is 4.31. The number of rotatable bonds is 4. The lowest BCUT2D eigenvalue weighted by Gasteiger charge is -2.08. The first-order valence-corrected chi connectivity index (χ1v) is 6.55. The minimum Gasteiger partial charge on any atom is -0.392 e. The highest BCUT2D eigenvalue weighted by molar-refractivity contribution is 7.89. The minimum atomic E-state index is -3.71. The van der Waals surface area contributed by atoms with Gasteiger partial charge >= 0.3 is 0 Å². The number of sulfonamides is 1. The second-order valence-corrected chi connectivity index (χ2v) is 5.68. The molecule has 16 heavy (non-hydrogen) atoms. The van der Waals surface area contributed by atoms with Gasteiger partial charge in [0.2, 0.25) is 10.0 Å². The molecule has 90 valence electrons. The molecule has 0 aromatic carbocycles. The molecule has 1 aromatic rings. The van der Waals surface area contributed by atoms with Crippen LogP contribution >= 0.6 is 23.2 Å². The molecule has 0 aliphatic carbocycles. The molecule has 0 aliphatic heterocycles. The van der Waals surface area contributed by atoms with E-state index in [9.17, 15) is 8.42 Å². The number of pyridine rings is 1. The van der Waals surface area contributed by atoms with Crippen LogP contribution in [0.25, 0.3) is 0 Å². The standard InChI is InChI=1S/C8H10Cl2N2O3S/c1-5(13)3-12-16(14,15)6-2-7(9)8(10)11-4-6/h2,4-5,12-13H,3H2,1H3/t5-/m0/s1. The number of aliphatic hydroxyl groups excluding tert-OH is 1. The van der Waals surface area contributed by atoms with E-state index in [4.69, 9.17) is 28.3 Å². The van der Waals surface area contributed by atoms with E-state index in [2.05, 4.69) is 9.71 Å². The number of hydrogen-bond donors (Lipinski definition) is 2. The van der Waals surface area contributed by atoms with Gasteiger partial charge in [-0.1, -0.05) is 23.2 Å². The van der Waals surface area contributed by atoms with Gasteiger partial charge in [0.05, 0.1) is 11.1 Å². The molecule has 1 aromatic heterocycles. The molecule has 0 fully saturated rings. The van der Waals surface area contributed by atoms with E-state index in [1.165, 1.54) is 13.0 Å². The van der Waals surface area contributed by atoms with Crippen molar-refractivity contribution >= 4 is 33.2 Å². The molecule has 0 aliphatic rings. The largest absolute Gasteiger partial charge is 0.392 e. The van der Waals surface area contributed by atoms with Crippen LogP contribution in [0.1, 0.15) is 6.92 Å². The maximum atomic E-state index is 11.6. The van der Waals surface area contributed by atoms with E-state index in [0.29, 0.717) is 0 Å². The molecular weight excluding hydrogens is 275 g/mol. The van der Waals surface area contributed by atoms with Crippen LogP contribution in [0, 0.1) is 0 Å². The van der Waals surface area contributed by atoms with E-state index in [-0.39, 0.29) is 21.6 Å². The van der Waals surface area contributed by atoms with Crippen LogP contribution < -0.4 is 4.72 Å². The number of hydrogen-bond acceptors (Lipinski definition) is 4. The summed E-state index contributed by atoms with van der Waals surface area (Å²) in [5.41, 5.74) is 0. The van der Waals surface area contributed by atoms with E-state index in [1.807, 2.05) is 0 Å². The van der Waals surface area contributed by atoms with E-state index in [1.54, 1.807) is 0 Å². The van der Waals surface area contributed by atoms with Crippen molar-refractivity contribution in [1.29, 1.82) is 0 Å². The molecule has 0 bridgehead atoms. The number of nitrogens with one attached hydrogen (secondary N) is 1. The minimum absolute atomic E-state index is 0.0381. The van der Waals surface area contributed by atoms with Gasteiger partial charge in [0.25, 0.3) is 0 Å². The zero-order valence-corrected chi connectivity index (χ0v) is 10.6. The van der Waals surface area contributed by atoms with Crippen molar-refractivity contribution in [3.63, 3.8) is 0 Å². The summed E-state index contributed by atoms with van der Waals surface area (Å²) in [6, 6.07) is 1.20. The van der Waals surface area contributed by atoms with Crippen molar-refractivity contribution in [2.24, 2.45) is 0 Å². The summed E-state index contributed by atoms with van der Waals surface area (Å²) in [5.74, 6) is 0. The fourth-order valence-electron chi connectivity index (χ4n) is 0.864. The van der Waals surface area contributed by atoms with Crippen molar-refractivity contribution in [2.45, 2.75) is 17.9 Å². The van der Waals surface area contributed by atoms with Crippen molar-refractivity contribution in [2.75, 3.05) is 6.54 Å². The molecule has 1 atom stereocenters. The monoisotopic (exact) mass is 284 g/mol. The maximum absolute atomic E-state index is 11.6. The van der Waals surface area contributed by atoms with Gasteiger partial charge in [-0.3, -0.25) is 0 Å². The van der Waals surface area contributed by atoms with Gasteiger partial charge < -0.3 is 5.11 Å². The van der Waals surface area contributed by atoms with E-state index < -0.39 is 16.1 Å². The summed E-state index contributed by atoms with van der Waals surface area (Å²) in [6.07, 6.45) is 0.323. The predicted molar refractivity (Wildman–Crippen MR) is 61.1 cm³/mol. The van der Waals surface area contributed by atoms with Crippen molar-refractivity contribution in [1.82, 2.24) is 9.71 Å². The van der Waals surface area contributed by atoms with Crippen molar-refractivity contribution in [3.8, 4) is 0 Å². The van der Waals surface area contributed by atoms with Gasteiger partial charge in [0.1, 0.15) is 10.0 Å². The van der Waals surface area contributed by atoms with Gasteiger partial charge in [0.15, 0.2) is 0 Å². The van der Waals surface area contributed by atoms with Crippen LogP contribution in [0.15, 0.2) is 17.2 Å². The van der Waals surface area contributed by atoms with Gasteiger partial charge in [-0.2, -0.15) is 0 Å². The molecule has 0 unspecified atom stereocenters. The van der Waals surface area contributed by atoms with E-state index in [0.717, 1.165) is 6.20 Å². The first-order chi connectivity index (χ1) is 7.33. The Bertz CT molecular complexity index is 476. The predicted octanol–water partition coefficient (Wildman–Crippen LogP) is 1.05. The van der Waals surface area contributed by atoms with Crippen LogP contribution in [-0.4, -0.2) is 31.2 Å². The number of aliphatic hydroxyl groups is 1. The third kappa shape index (κ3) is 3.57. The Kier molecular flexibility index (Phi) is 4.52.